The van der Waals surface area contributed by atoms with Crippen molar-refractivity contribution in [2.45, 2.75) is 29.3 Å². The molecule has 0 spiro atoms. The molecule has 1 amide bonds. The Balaban J connectivity index is 1.77. The fourth-order valence-electron chi connectivity index (χ4n) is 3.81. The van der Waals surface area contributed by atoms with Crippen LogP contribution in [0.1, 0.15) is 12.5 Å². The van der Waals surface area contributed by atoms with E-state index in [-0.39, 0.29) is 27.9 Å². The van der Waals surface area contributed by atoms with Crippen LogP contribution in [-0.2, 0) is 21.2 Å². The van der Waals surface area contributed by atoms with E-state index in [1.54, 1.807) is 38.2 Å². The summed E-state index contributed by atoms with van der Waals surface area (Å²) in [5.74, 6) is -0.886. The van der Waals surface area contributed by atoms with Crippen LogP contribution < -0.4 is 16.2 Å². The molecule has 9 heteroatoms. The Hall–Kier alpha value is -4.08. The van der Waals surface area contributed by atoms with Gasteiger partial charge in [-0.2, -0.15) is 0 Å². The highest BCUT2D eigenvalue weighted by molar-refractivity contribution is 7.91. The summed E-state index contributed by atoms with van der Waals surface area (Å²) in [6, 6.07) is 23.0. The first-order valence-corrected chi connectivity index (χ1v) is 13.1. The van der Waals surface area contributed by atoms with Crippen LogP contribution in [0.25, 0.3) is 11.3 Å². The van der Waals surface area contributed by atoms with Gasteiger partial charge in [-0.3, -0.25) is 9.59 Å². The summed E-state index contributed by atoms with van der Waals surface area (Å²) in [5, 5.41) is 5.50. The molecule has 4 aromatic rings. The molecular weight excluding hydrogens is 493 g/mol. The SMILES string of the molecule is CN[C@@H](C)C(=O)Nc1ccc(-c2ccccc2)n(Cc2cccc(S(=O)(=O)c3ccc(F)cc3)c2)c1=O. The van der Waals surface area contributed by atoms with E-state index in [1.807, 2.05) is 30.3 Å². The van der Waals surface area contributed by atoms with Gasteiger partial charge in [0.25, 0.3) is 5.56 Å². The maximum Gasteiger partial charge on any atom is 0.275 e. The highest BCUT2D eigenvalue weighted by Gasteiger charge is 2.20. The van der Waals surface area contributed by atoms with Gasteiger partial charge in [-0.15, -0.1) is 0 Å². The minimum absolute atomic E-state index is 0.0261. The van der Waals surface area contributed by atoms with Gasteiger partial charge in [0.2, 0.25) is 15.7 Å². The lowest BCUT2D eigenvalue weighted by atomic mass is 10.1. The van der Waals surface area contributed by atoms with Crippen LogP contribution in [0, 0.1) is 5.82 Å². The number of benzene rings is 3. The van der Waals surface area contributed by atoms with Gasteiger partial charge in [-0.05, 0) is 73.6 Å². The third kappa shape index (κ3) is 5.68. The van der Waals surface area contributed by atoms with Crippen molar-refractivity contribution in [3.63, 3.8) is 0 Å². The monoisotopic (exact) mass is 519 g/mol. The maximum atomic E-state index is 13.5. The van der Waals surface area contributed by atoms with Crippen molar-refractivity contribution in [3.8, 4) is 11.3 Å². The minimum Gasteiger partial charge on any atom is -0.320 e. The molecule has 0 bridgehead atoms. The van der Waals surface area contributed by atoms with E-state index >= 15 is 0 Å². The zero-order chi connectivity index (χ0) is 26.6. The molecule has 0 radical (unpaired) electrons. The number of rotatable bonds is 8. The number of aromatic nitrogens is 1. The Morgan fingerprint density at radius 3 is 2.30 bits per heavy atom. The molecule has 1 aromatic heterocycles. The largest absolute Gasteiger partial charge is 0.320 e. The summed E-state index contributed by atoms with van der Waals surface area (Å²) >= 11 is 0. The number of halogens is 1. The van der Waals surface area contributed by atoms with E-state index in [2.05, 4.69) is 10.6 Å². The normalized spacial score (nSPS) is 12.2. The molecule has 0 unspecified atom stereocenters. The van der Waals surface area contributed by atoms with Gasteiger partial charge >= 0.3 is 0 Å². The summed E-state index contributed by atoms with van der Waals surface area (Å²) in [7, 11) is -2.25. The van der Waals surface area contributed by atoms with Gasteiger partial charge in [0.15, 0.2) is 0 Å². The summed E-state index contributed by atoms with van der Waals surface area (Å²) in [6.45, 7) is 1.74. The Morgan fingerprint density at radius 1 is 0.919 bits per heavy atom. The second kappa shape index (κ2) is 10.9. The van der Waals surface area contributed by atoms with E-state index in [0.717, 1.165) is 17.7 Å². The maximum absolute atomic E-state index is 13.5. The van der Waals surface area contributed by atoms with E-state index in [0.29, 0.717) is 11.3 Å². The number of anilines is 1. The number of sulfone groups is 1. The molecular formula is C28H26FN3O4S. The molecule has 1 atom stereocenters. The van der Waals surface area contributed by atoms with Crippen molar-refractivity contribution in [2.24, 2.45) is 0 Å². The molecule has 0 fully saturated rings. The van der Waals surface area contributed by atoms with Gasteiger partial charge in [0.05, 0.1) is 28.1 Å². The molecule has 7 nitrogen and oxygen atoms in total. The van der Waals surface area contributed by atoms with Crippen molar-refractivity contribution in [1.29, 1.82) is 0 Å². The van der Waals surface area contributed by atoms with Crippen molar-refractivity contribution >= 4 is 21.4 Å². The number of nitrogens with one attached hydrogen (secondary N) is 2. The van der Waals surface area contributed by atoms with Gasteiger partial charge in [0, 0.05) is 0 Å². The molecule has 0 saturated heterocycles. The second-order valence-corrected chi connectivity index (χ2v) is 10.4. The number of carbonyl (C=O) groups is 1. The standard InChI is InChI=1S/C28H26FN3O4S/c1-19(30-2)27(33)31-25-15-16-26(21-8-4-3-5-9-21)32(28(25)34)18-20-7-6-10-24(17-20)37(35,36)23-13-11-22(29)12-14-23/h3-17,19,30H,18H2,1-2H3,(H,31,33)/t19-/m0/s1. The molecule has 0 aliphatic rings. The number of nitrogens with zero attached hydrogens (tertiary/aromatic N) is 1. The predicted molar refractivity (Wildman–Crippen MR) is 141 cm³/mol. The Kier molecular flexibility index (Phi) is 7.66. The van der Waals surface area contributed by atoms with Gasteiger partial charge in [-0.1, -0.05) is 42.5 Å². The fourth-order valence-corrected chi connectivity index (χ4v) is 5.14. The lowest BCUT2D eigenvalue weighted by molar-refractivity contribution is -0.117. The summed E-state index contributed by atoms with van der Waals surface area (Å²) in [4.78, 5) is 25.9. The first kappa shape index (κ1) is 26.0. The number of amides is 1. The van der Waals surface area contributed by atoms with Crippen LogP contribution in [0.5, 0.6) is 0 Å². The average Bonchev–Trinajstić information content (AvgIpc) is 2.91. The molecule has 0 aliphatic carbocycles. The van der Waals surface area contributed by atoms with Gasteiger partial charge in [-0.25, -0.2) is 12.8 Å². The lowest BCUT2D eigenvalue weighted by Crippen LogP contribution is -2.37. The quantitative estimate of drug-likeness (QED) is 0.342. The van der Waals surface area contributed by atoms with Gasteiger partial charge in [0.1, 0.15) is 11.5 Å². The number of hydrogen-bond acceptors (Lipinski definition) is 5. The van der Waals surface area contributed by atoms with Gasteiger partial charge < -0.3 is 15.2 Å². The summed E-state index contributed by atoms with van der Waals surface area (Å²) in [5.41, 5.74) is 1.65. The number of hydrogen-bond donors (Lipinski definition) is 2. The van der Waals surface area contributed by atoms with Crippen molar-refractivity contribution < 1.29 is 17.6 Å². The molecule has 0 aliphatic heterocycles. The van der Waals surface area contributed by atoms with E-state index < -0.39 is 27.3 Å². The molecule has 1 heterocycles. The van der Waals surface area contributed by atoms with Crippen molar-refractivity contribution in [2.75, 3.05) is 12.4 Å². The summed E-state index contributed by atoms with van der Waals surface area (Å²) in [6.07, 6.45) is 0. The topological polar surface area (TPSA) is 97.3 Å². The predicted octanol–water partition coefficient (Wildman–Crippen LogP) is 4.08. The smallest absolute Gasteiger partial charge is 0.275 e. The van der Waals surface area contributed by atoms with Crippen molar-refractivity contribution in [3.05, 3.63) is 113 Å². The molecule has 2 N–H and O–H groups in total. The summed E-state index contributed by atoms with van der Waals surface area (Å²) < 4.78 is 41.1. The van der Waals surface area contributed by atoms with E-state index in [9.17, 15) is 22.4 Å². The van der Waals surface area contributed by atoms with Crippen LogP contribution in [0.2, 0.25) is 0 Å². The molecule has 190 valence electrons. The third-order valence-electron chi connectivity index (χ3n) is 6.00. The highest BCUT2D eigenvalue weighted by Crippen LogP contribution is 2.24. The van der Waals surface area contributed by atoms with Crippen LogP contribution >= 0.6 is 0 Å². The molecule has 0 saturated carbocycles. The Bertz CT molecular complexity index is 1580. The minimum atomic E-state index is -3.90. The Labute approximate surface area is 214 Å². The average molecular weight is 520 g/mol. The molecule has 37 heavy (non-hydrogen) atoms. The lowest BCUT2D eigenvalue weighted by Gasteiger charge is -2.17. The molecule has 4 rings (SSSR count). The van der Waals surface area contributed by atoms with Crippen LogP contribution in [0.15, 0.2) is 106 Å². The Morgan fingerprint density at radius 2 is 1.62 bits per heavy atom. The van der Waals surface area contributed by atoms with E-state index in [1.165, 1.54) is 28.8 Å². The van der Waals surface area contributed by atoms with Crippen molar-refractivity contribution in [1.82, 2.24) is 9.88 Å². The first-order chi connectivity index (χ1) is 17.7. The number of carbonyl (C=O) groups excluding carboxylic acids is 1. The highest BCUT2D eigenvalue weighted by atomic mass is 32.2. The van der Waals surface area contributed by atoms with Crippen LogP contribution in [0.4, 0.5) is 10.1 Å². The second-order valence-electron chi connectivity index (χ2n) is 8.49. The van der Waals surface area contributed by atoms with E-state index in [4.69, 9.17) is 0 Å². The first-order valence-electron chi connectivity index (χ1n) is 11.6. The zero-order valence-electron chi connectivity index (χ0n) is 20.3. The molecule has 3 aromatic carbocycles. The fraction of sp³-hybridized carbons (Fsp3) is 0.143. The van der Waals surface area contributed by atoms with Crippen LogP contribution in [-0.4, -0.2) is 32.0 Å². The third-order valence-corrected chi connectivity index (χ3v) is 7.77. The zero-order valence-corrected chi connectivity index (χ0v) is 21.1. The number of pyridine rings is 1. The van der Waals surface area contributed by atoms with Crippen LogP contribution in [0.3, 0.4) is 0 Å². The number of likely N-dealkylation sites (N-methyl/N-ethyl adjacent to an activating group) is 1.